The Morgan fingerprint density at radius 3 is 2.38 bits per heavy atom. The maximum absolute atomic E-state index is 13.5. The summed E-state index contributed by atoms with van der Waals surface area (Å²) in [7, 11) is 6.99. The summed E-state index contributed by atoms with van der Waals surface area (Å²) in [6.45, 7) is 1.39. The van der Waals surface area contributed by atoms with Crippen molar-refractivity contribution in [3.63, 3.8) is 0 Å². The SMILES string of the molecule is COc1cc(OC)c(Cl)c(-c2cc3cn[c]cc3n(CCCN(C)C)c2=O)c1Cl. The van der Waals surface area contributed by atoms with Crippen LogP contribution < -0.4 is 15.0 Å². The summed E-state index contributed by atoms with van der Waals surface area (Å²) < 4.78 is 12.4. The molecule has 0 aliphatic heterocycles. The molecule has 0 aliphatic carbocycles. The number of rotatable bonds is 7. The van der Waals surface area contributed by atoms with Crippen molar-refractivity contribution in [3.8, 4) is 22.6 Å². The molecule has 8 heteroatoms. The highest BCUT2D eigenvalue weighted by Crippen LogP contribution is 2.45. The molecule has 3 aromatic rings. The second-order valence-corrected chi connectivity index (χ2v) is 7.58. The summed E-state index contributed by atoms with van der Waals surface area (Å²) in [5, 5.41) is 1.30. The third-order valence-corrected chi connectivity index (χ3v) is 5.42. The van der Waals surface area contributed by atoms with E-state index in [1.807, 2.05) is 14.1 Å². The second-order valence-electron chi connectivity index (χ2n) is 6.83. The van der Waals surface area contributed by atoms with Crippen molar-refractivity contribution in [2.24, 2.45) is 0 Å². The maximum Gasteiger partial charge on any atom is 0.259 e. The lowest BCUT2D eigenvalue weighted by molar-refractivity contribution is 0.386. The lowest BCUT2D eigenvalue weighted by atomic mass is 10.0. The van der Waals surface area contributed by atoms with Crippen LogP contribution in [-0.4, -0.2) is 49.3 Å². The summed E-state index contributed by atoms with van der Waals surface area (Å²) in [6.07, 6.45) is 5.28. The van der Waals surface area contributed by atoms with Crippen LogP contribution in [0, 0.1) is 6.20 Å². The molecule has 0 N–H and O–H groups in total. The van der Waals surface area contributed by atoms with Gasteiger partial charge in [-0.3, -0.25) is 9.78 Å². The zero-order chi connectivity index (χ0) is 21.1. The maximum atomic E-state index is 13.5. The molecule has 2 aromatic heterocycles. The van der Waals surface area contributed by atoms with Crippen molar-refractivity contribution in [3.05, 3.63) is 51.0 Å². The highest BCUT2D eigenvalue weighted by Gasteiger charge is 2.22. The van der Waals surface area contributed by atoms with Crippen LogP contribution in [0.5, 0.6) is 11.5 Å². The number of ether oxygens (including phenoxy) is 2. The monoisotopic (exact) mass is 434 g/mol. The van der Waals surface area contributed by atoms with Gasteiger partial charge in [0.15, 0.2) is 0 Å². The number of aryl methyl sites for hydroxylation is 1. The van der Waals surface area contributed by atoms with E-state index in [0.717, 1.165) is 23.9 Å². The molecule has 0 atom stereocenters. The lowest BCUT2D eigenvalue weighted by Gasteiger charge is -2.17. The zero-order valence-corrected chi connectivity index (χ0v) is 18.3. The van der Waals surface area contributed by atoms with Crippen molar-refractivity contribution in [1.29, 1.82) is 0 Å². The number of fused-ring (bicyclic) bond motifs is 1. The Balaban J connectivity index is 2.29. The van der Waals surface area contributed by atoms with E-state index in [9.17, 15) is 4.79 Å². The highest BCUT2D eigenvalue weighted by atomic mass is 35.5. The summed E-state index contributed by atoms with van der Waals surface area (Å²) >= 11 is 13.1. The molecule has 0 fully saturated rings. The Morgan fingerprint density at radius 1 is 1.14 bits per heavy atom. The van der Waals surface area contributed by atoms with Crippen LogP contribution in [0.3, 0.4) is 0 Å². The van der Waals surface area contributed by atoms with Gasteiger partial charge in [0, 0.05) is 29.8 Å². The molecule has 0 unspecified atom stereocenters. The van der Waals surface area contributed by atoms with E-state index >= 15 is 0 Å². The minimum absolute atomic E-state index is 0.199. The summed E-state index contributed by atoms with van der Waals surface area (Å²) in [5.41, 5.74) is 1.30. The first kappa shape index (κ1) is 21.4. The predicted molar refractivity (Wildman–Crippen MR) is 117 cm³/mol. The molecule has 0 aliphatic rings. The highest BCUT2D eigenvalue weighted by molar-refractivity contribution is 6.41. The third kappa shape index (κ3) is 4.20. The number of hydrogen-bond acceptors (Lipinski definition) is 5. The van der Waals surface area contributed by atoms with Crippen molar-refractivity contribution in [2.75, 3.05) is 34.9 Å². The minimum Gasteiger partial charge on any atom is -0.495 e. The molecule has 6 nitrogen and oxygen atoms in total. The van der Waals surface area contributed by atoms with Crippen molar-refractivity contribution in [1.82, 2.24) is 14.5 Å². The van der Waals surface area contributed by atoms with E-state index in [1.165, 1.54) is 14.2 Å². The molecule has 0 bridgehead atoms. The lowest BCUT2D eigenvalue weighted by Crippen LogP contribution is -2.24. The largest absolute Gasteiger partial charge is 0.495 e. The molecule has 3 rings (SSSR count). The Kier molecular flexibility index (Phi) is 6.67. The van der Waals surface area contributed by atoms with Crippen LogP contribution in [0.15, 0.2) is 29.2 Å². The smallest absolute Gasteiger partial charge is 0.259 e. The van der Waals surface area contributed by atoms with Gasteiger partial charge in [0.2, 0.25) is 0 Å². The first-order valence-electron chi connectivity index (χ1n) is 9.03. The molecule has 2 heterocycles. The van der Waals surface area contributed by atoms with E-state index in [4.69, 9.17) is 32.7 Å². The minimum atomic E-state index is -0.199. The number of pyridine rings is 2. The normalized spacial score (nSPS) is 11.3. The number of methoxy groups -OCH3 is 2. The standard InChI is InChI=1S/C21H22Cl2N3O3/c1-25(2)8-5-9-26-15-6-7-24-12-13(15)10-14(21(26)27)18-19(22)16(28-3)11-17(29-4)20(18)23/h6,10-12H,5,8-9H2,1-4H3. The van der Waals surface area contributed by atoms with E-state index in [1.54, 1.807) is 29.0 Å². The van der Waals surface area contributed by atoms with Crippen LogP contribution in [0.25, 0.3) is 22.0 Å². The first-order chi connectivity index (χ1) is 13.9. The number of aromatic nitrogens is 2. The van der Waals surface area contributed by atoms with Crippen molar-refractivity contribution in [2.45, 2.75) is 13.0 Å². The number of nitrogens with zero attached hydrogens (tertiary/aromatic N) is 3. The molecule has 0 saturated heterocycles. The van der Waals surface area contributed by atoms with E-state index in [0.29, 0.717) is 29.2 Å². The van der Waals surface area contributed by atoms with E-state index in [-0.39, 0.29) is 15.6 Å². The van der Waals surface area contributed by atoms with Gasteiger partial charge in [-0.15, -0.1) is 0 Å². The van der Waals surface area contributed by atoms with Gasteiger partial charge in [-0.05, 0) is 39.2 Å². The quantitative estimate of drug-likeness (QED) is 0.559. The van der Waals surface area contributed by atoms with Gasteiger partial charge in [-0.1, -0.05) is 23.2 Å². The van der Waals surface area contributed by atoms with Crippen LogP contribution >= 0.6 is 23.2 Å². The molecule has 1 aromatic carbocycles. The Morgan fingerprint density at radius 2 is 1.79 bits per heavy atom. The number of hydrogen-bond donors (Lipinski definition) is 0. The third-order valence-electron chi connectivity index (χ3n) is 4.67. The van der Waals surface area contributed by atoms with Crippen LogP contribution in [0.2, 0.25) is 10.0 Å². The summed E-state index contributed by atoms with van der Waals surface area (Å²) in [5.74, 6) is 0.752. The van der Waals surface area contributed by atoms with Crippen LogP contribution in [0.1, 0.15) is 6.42 Å². The van der Waals surface area contributed by atoms with E-state index in [2.05, 4.69) is 16.1 Å². The predicted octanol–water partition coefficient (Wildman–Crippen LogP) is 4.14. The fourth-order valence-corrected chi connectivity index (χ4v) is 3.94. The first-order valence-corrected chi connectivity index (χ1v) is 9.79. The number of benzene rings is 1. The molecule has 1 radical (unpaired) electrons. The molecule has 153 valence electrons. The average molecular weight is 435 g/mol. The Bertz CT molecular complexity index is 1070. The molecular weight excluding hydrogens is 413 g/mol. The molecule has 0 spiro atoms. The fraction of sp³-hybridized carbons (Fsp3) is 0.333. The van der Waals surface area contributed by atoms with Crippen LogP contribution in [-0.2, 0) is 6.54 Å². The average Bonchev–Trinajstić information content (AvgIpc) is 2.70. The second kappa shape index (κ2) is 9.03. The Hall–Kier alpha value is -2.28. The molecular formula is C21H22Cl2N3O3. The Labute approximate surface area is 179 Å². The van der Waals surface area contributed by atoms with Gasteiger partial charge in [-0.2, -0.15) is 0 Å². The van der Waals surface area contributed by atoms with Gasteiger partial charge in [0.25, 0.3) is 5.56 Å². The van der Waals surface area contributed by atoms with Crippen LogP contribution in [0.4, 0.5) is 0 Å². The molecule has 0 amide bonds. The van der Waals surface area contributed by atoms with Gasteiger partial charge < -0.3 is 18.9 Å². The van der Waals surface area contributed by atoms with Gasteiger partial charge in [0.05, 0.1) is 41.5 Å². The molecule has 0 saturated carbocycles. The van der Waals surface area contributed by atoms with Gasteiger partial charge in [-0.25, -0.2) is 0 Å². The summed E-state index contributed by atoms with van der Waals surface area (Å²) in [6, 6.07) is 5.06. The van der Waals surface area contributed by atoms with Gasteiger partial charge >= 0.3 is 0 Å². The fourth-order valence-electron chi connectivity index (χ4n) is 3.24. The van der Waals surface area contributed by atoms with Crippen molar-refractivity contribution >= 4 is 34.1 Å². The zero-order valence-electron chi connectivity index (χ0n) is 16.8. The topological polar surface area (TPSA) is 56.6 Å². The molecule has 29 heavy (non-hydrogen) atoms. The summed E-state index contributed by atoms with van der Waals surface area (Å²) in [4.78, 5) is 19.6. The van der Waals surface area contributed by atoms with Gasteiger partial charge in [0.1, 0.15) is 11.5 Å². The van der Waals surface area contributed by atoms with Crippen molar-refractivity contribution < 1.29 is 9.47 Å². The van der Waals surface area contributed by atoms with E-state index < -0.39 is 0 Å². The number of halogens is 2.